The van der Waals surface area contributed by atoms with Gasteiger partial charge in [-0.15, -0.1) is 0 Å². The molecule has 1 aromatic rings. The van der Waals surface area contributed by atoms with Crippen molar-refractivity contribution in [2.24, 2.45) is 10.9 Å². The zero-order valence-corrected chi connectivity index (χ0v) is 18.1. The van der Waals surface area contributed by atoms with E-state index in [0.717, 1.165) is 69.5 Å². The van der Waals surface area contributed by atoms with Crippen molar-refractivity contribution in [2.75, 3.05) is 61.3 Å². The van der Waals surface area contributed by atoms with Crippen LogP contribution in [0.3, 0.4) is 0 Å². The van der Waals surface area contributed by atoms with Crippen LogP contribution in [0.5, 0.6) is 17.2 Å². The van der Waals surface area contributed by atoms with Gasteiger partial charge in [0.15, 0.2) is 17.5 Å². The summed E-state index contributed by atoms with van der Waals surface area (Å²) in [5.41, 5.74) is 0.952. The summed E-state index contributed by atoms with van der Waals surface area (Å²) >= 11 is 0. The summed E-state index contributed by atoms with van der Waals surface area (Å²) in [4.78, 5) is 4.27. The first-order valence-electron chi connectivity index (χ1n) is 10.1. The van der Waals surface area contributed by atoms with Gasteiger partial charge in [0.05, 0.1) is 21.3 Å². The quantitative estimate of drug-likeness (QED) is 0.329. The van der Waals surface area contributed by atoms with Crippen LogP contribution in [-0.4, -0.2) is 67.3 Å². The molecule has 1 aromatic carbocycles. The lowest BCUT2D eigenvalue weighted by Crippen LogP contribution is -2.37. The summed E-state index contributed by atoms with van der Waals surface area (Å²) in [5, 5.41) is 6.61. The Morgan fingerprint density at radius 2 is 1.72 bits per heavy atom. The maximum absolute atomic E-state index is 5.80. The minimum atomic E-state index is 0.545. The van der Waals surface area contributed by atoms with E-state index in [9.17, 15) is 0 Å². The van der Waals surface area contributed by atoms with Crippen molar-refractivity contribution >= 4 is 5.96 Å². The van der Waals surface area contributed by atoms with Crippen LogP contribution in [0.2, 0.25) is 0 Å². The van der Waals surface area contributed by atoms with Gasteiger partial charge in [0, 0.05) is 58.2 Å². The van der Waals surface area contributed by atoms with Gasteiger partial charge in [0.1, 0.15) is 5.75 Å². The lowest BCUT2D eigenvalue weighted by molar-refractivity contribution is 0.0203. The number of methoxy groups -OCH3 is 3. The summed E-state index contributed by atoms with van der Waals surface area (Å²) in [5.74, 6) is 3.40. The van der Waals surface area contributed by atoms with Crippen molar-refractivity contribution in [3.05, 3.63) is 17.7 Å². The van der Waals surface area contributed by atoms with Crippen LogP contribution in [0.4, 0.5) is 0 Å². The minimum absolute atomic E-state index is 0.545. The van der Waals surface area contributed by atoms with E-state index < -0.39 is 0 Å². The fourth-order valence-corrected chi connectivity index (χ4v) is 3.17. The number of hydrogen-bond donors (Lipinski definition) is 2. The molecule has 8 heteroatoms. The van der Waals surface area contributed by atoms with E-state index in [1.165, 1.54) is 0 Å². The molecule has 0 radical (unpaired) electrons. The van der Waals surface area contributed by atoms with Crippen LogP contribution in [0.15, 0.2) is 17.1 Å². The van der Waals surface area contributed by atoms with Crippen LogP contribution < -0.4 is 24.8 Å². The second kappa shape index (κ2) is 13.1. The number of hydrogen-bond acceptors (Lipinski definition) is 6. The Morgan fingerprint density at radius 3 is 2.38 bits per heavy atom. The Labute approximate surface area is 173 Å². The Bertz CT molecular complexity index is 633. The predicted octanol–water partition coefficient (Wildman–Crippen LogP) is 2.21. The number of guanidine groups is 1. The molecule has 1 saturated heterocycles. The number of ether oxygens (including phenoxy) is 5. The van der Waals surface area contributed by atoms with Crippen LogP contribution >= 0.6 is 0 Å². The molecule has 0 aliphatic carbocycles. The predicted molar refractivity (Wildman–Crippen MR) is 113 cm³/mol. The lowest BCUT2D eigenvalue weighted by atomic mass is 10.0. The third kappa shape index (κ3) is 7.62. The maximum Gasteiger partial charge on any atom is 0.191 e. The van der Waals surface area contributed by atoms with Crippen LogP contribution in [-0.2, 0) is 16.0 Å². The lowest BCUT2D eigenvalue weighted by Gasteiger charge is -2.21. The highest BCUT2D eigenvalue weighted by molar-refractivity contribution is 5.79. The molecule has 2 N–H and O–H groups in total. The smallest absolute Gasteiger partial charge is 0.191 e. The first-order valence-corrected chi connectivity index (χ1v) is 10.1. The summed E-state index contributed by atoms with van der Waals surface area (Å²) in [7, 11) is 6.61. The average Bonchev–Trinajstić information content (AvgIpc) is 2.78. The number of benzene rings is 1. The molecule has 0 bridgehead atoms. The summed E-state index contributed by atoms with van der Waals surface area (Å²) in [6.07, 6.45) is 3.13. The topological polar surface area (TPSA) is 82.6 Å². The van der Waals surface area contributed by atoms with E-state index in [-0.39, 0.29) is 0 Å². The van der Waals surface area contributed by atoms with Crippen molar-refractivity contribution in [3.8, 4) is 17.2 Å². The Kier molecular flexibility index (Phi) is 10.4. The minimum Gasteiger partial charge on any atom is -0.496 e. The molecule has 1 fully saturated rings. The van der Waals surface area contributed by atoms with E-state index >= 15 is 0 Å². The fourth-order valence-electron chi connectivity index (χ4n) is 3.17. The molecule has 2 rings (SSSR count). The van der Waals surface area contributed by atoms with Crippen molar-refractivity contribution in [2.45, 2.75) is 25.8 Å². The maximum atomic E-state index is 5.80. The van der Waals surface area contributed by atoms with Gasteiger partial charge in [-0.05, 0) is 31.2 Å². The molecule has 0 atom stereocenters. The molecule has 0 unspecified atom stereocenters. The number of nitrogens with zero attached hydrogens (tertiary/aromatic N) is 1. The number of aliphatic imine (C=N–C) groups is 1. The van der Waals surface area contributed by atoms with Crippen LogP contribution in [0.1, 0.15) is 24.8 Å². The number of nitrogens with one attached hydrogen (secondary N) is 2. The molecule has 0 spiro atoms. The molecule has 164 valence electrons. The monoisotopic (exact) mass is 409 g/mol. The zero-order chi connectivity index (χ0) is 20.9. The third-order valence-corrected chi connectivity index (χ3v) is 4.91. The fraction of sp³-hybridized carbons (Fsp3) is 0.667. The second-order valence-corrected chi connectivity index (χ2v) is 6.86. The molecular formula is C21H35N3O5. The SMILES string of the molecule is CN=C(NCCCOCC1CCOCC1)NCc1cc(OC)c(OC)cc1OC. The molecule has 29 heavy (non-hydrogen) atoms. The van der Waals surface area contributed by atoms with E-state index in [1.807, 2.05) is 12.1 Å². The van der Waals surface area contributed by atoms with Gasteiger partial charge in [0.25, 0.3) is 0 Å². The van der Waals surface area contributed by atoms with E-state index in [0.29, 0.717) is 24.0 Å². The van der Waals surface area contributed by atoms with Crippen molar-refractivity contribution in [3.63, 3.8) is 0 Å². The summed E-state index contributed by atoms with van der Waals surface area (Å²) in [6, 6.07) is 3.73. The number of rotatable bonds is 11. The Morgan fingerprint density at radius 1 is 1.03 bits per heavy atom. The standard InChI is InChI=1S/C21H35N3O5/c1-22-21(23-8-5-9-29-15-16-6-10-28-11-7-16)24-14-17-12-19(26-3)20(27-4)13-18(17)25-2/h12-13,16H,5-11,14-15H2,1-4H3,(H2,22,23,24). The van der Waals surface area contributed by atoms with Gasteiger partial charge >= 0.3 is 0 Å². The molecular weight excluding hydrogens is 374 g/mol. The third-order valence-electron chi connectivity index (χ3n) is 4.91. The molecule has 8 nitrogen and oxygen atoms in total. The Hall–Kier alpha value is -2.19. The first-order chi connectivity index (χ1) is 14.2. The average molecular weight is 410 g/mol. The van der Waals surface area contributed by atoms with Gasteiger partial charge in [-0.25, -0.2) is 0 Å². The first kappa shape index (κ1) is 23.1. The van der Waals surface area contributed by atoms with Gasteiger partial charge < -0.3 is 34.3 Å². The largest absolute Gasteiger partial charge is 0.496 e. The zero-order valence-electron chi connectivity index (χ0n) is 18.1. The van der Waals surface area contributed by atoms with Crippen molar-refractivity contribution in [1.82, 2.24) is 10.6 Å². The van der Waals surface area contributed by atoms with Crippen LogP contribution in [0, 0.1) is 5.92 Å². The molecule has 1 aliphatic rings. The highest BCUT2D eigenvalue weighted by Gasteiger charge is 2.14. The summed E-state index contributed by atoms with van der Waals surface area (Å²) < 4.78 is 27.3. The summed E-state index contributed by atoms with van der Waals surface area (Å²) in [6.45, 7) is 4.63. The highest BCUT2D eigenvalue weighted by atomic mass is 16.5. The van der Waals surface area contributed by atoms with Crippen molar-refractivity contribution in [1.29, 1.82) is 0 Å². The molecule has 0 amide bonds. The van der Waals surface area contributed by atoms with E-state index in [4.69, 9.17) is 23.7 Å². The Balaban J connectivity index is 1.71. The molecule has 1 heterocycles. The van der Waals surface area contributed by atoms with Gasteiger partial charge in [-0.3, -0.25) is 4.99 Å². The highest BCUT2D eigenvalue weighted by Crippen LogP contribution is 2.34. The van der Waals surface area contributed by atoms with E-state index in [1.54, 1.807) is 28.4 Å². The van der Waals surface area contributed by atoms with Crippen molar-refractivity contribution < 1.29 is 23.7 Å². The van der Waals surface area contributed by atoms with Crippen LogP contribution in [0.25, 0.3) is 0 Å². The molecule has 0 aromatic heterocycles. The van der Waals surface area contributed by atoms with E-state index in [2.05, 4.69) is 15.6 Å². The molecule has 1 aliphatic heterocycles. The normalized spacial score (nSPS) is 15.1. The van der Waals surface area contributed by atoms with Gasteiger partial charge in [-0.1, -0.05) is 0 Å². The molecule has 0 saturated carbocycles. The van der Waals surface area contributed by atoms with Gasteiger partial charge in [-0.2, -0.15) is 0 Å². The second-order valence-electron chi connectivity index (χ2n) is 6.86. The van der Waals surface area contributed by atoms with Gasteiger partial charge in [0.2, 0.25) is 0 Å².